The number of rotatable bonds is 5. The first-order valence-electron chi connectivity index (χ1n) is 8.22. The average molecular weight is 339 g/mol. The highest BCUT2D eigenvalue weighted by Gasteiger charge is 2.25. The zero-order valence-corrected chi connectivity index (χ0v) is 14.1. The van der Waals surface area contributed by atoms with Crippen molar-refractivity contribution >= 4 is 23.3 Å². The number of carbonyl (C=O) groups is 2. The smallest absolute Gasteiger partial charge is 0.319 e. The van der Waals surface area contributed by atoms with Crippen molar-refractivity contribution in [3.8, 4) is 0 Å². The standard InChI is InChI=1S/C19H21N3O3/c1-25-12-10-20-19(24)21-16-7-8-17-15(13-16)9-11-22(17)18(23)14-5-3-2-4-6-14/h2-8,13H,9-12H2,1H3,(H2,20,21,24). The second-order valence-electron chi connectivity index (χ2n) is 5.79. The van der Waals surface area contributed by atoms with Gasteiger partial charge in [-0.1, -0.05) is 18.2 Å². The highest BCUT2D eigenvalue weighted by molar-refractivity contribution is 6.07. The van der Waals surface area contributed by atoms with E-state index >= 15 is 0 Å². The normalized spacial score (nSPS) is 12.6. The van der Waals surface area contributed by atoms with E-state index in [1.807, 2.05) is 48.5 Å². The largest absolute Gasteiger partial charge is 0.383 e. The van der Waals surface area contributed by atoms with Gasteiger partial charge in [0.1, 0.15) is 0 Å². The van der Waals surface area contributed by atoms with Crippen molar-refractivity contribution in [3.63, 3.8) is 0 Å². The van der Waals surface area contributed by atoms with E-state index in [1.54, 1.807) is 12.0 Å². The fraction of sp³-hybridized carbons (Fsp3) is 0.263. The first-order chi connectivity index (χ1) is 12.2. The van der Waals surface area contributed by atoms with Gasteiger partial charge in [-0.05, 0) is 42.3 Å². The van der Waals surface area contributed by atoms with Crippen molar-refractivity contribution in [2.45, 2.75) is 6.42 Å². The van der Waals surface area contributed by atoms with Crippen LogP contribution < -0.4 is 15.5 Å². The molecule has 3 amide bonds. The zero-order chi connectivity index (χ0) is 17.6. The van der Waals surface area contributed by atoms with Crippen LogP contribution in [-0.2, 0) is 11.2 Å². The van der Waals surface area contributed by atoms with Crippen molar-refractivity contribution in [2.24, 2.45) is 0 Å². The molecular formula is C19H21N3O3. The Morgan fingerprint density at radius 3 is 2.72 bits per heavy atom. The molecule has 6 nitrogen and oxygen atoms in total. The monoisotopic (exact) mass is 339 g/mol. The SMILES string of the molecule is COCCNC(=O)Nc1ccc2c(c1)CCN2C(=O)c1ccccc1. The van der Waals surface area contributed by atoms with Gasteiger partial charge in [0.05, 0.1) is 6.61 Å². The summed E-state index contributed by atoms with van der Waals surface area (Å²) in [5, 5.41) is 5.51. The summed E-state index contributed by atoms with van der Waals surface area (Å²) in [6, 6.07) is 14.6. The number of hydrogen-bond acceptors (Lipinski definition) is 3. The van der Waals surface area contributed by atoms with Gasteiger partial charge in [0.2, 0.25) is 0 Å². The average Bonchev–Trinajstić information content (AvgIpc) is 3.05. The minimum absolute atomic E-state index is 0.00244. The van der Waals surface area contributed by atoms with Gasteiger partial charge >= 0.3 is 6.03 Å². The van der Waals surface area contributed by atoms with Gasteiger partial charge in [0.15, 0.2) is 0 Å². The molecule has 2 N–H and O–H groups in total. The van der Waals surface area contributed by atoms with Crippen LogP contribution in [0.5, 0.6) is 0 Å². The Kier molecular flexibility index (Phi) is 5.30. The third kappa shape index (κ3) is 3.97. The lowest BCUT2D eigenvalue weighted by atomic mass is 10.1. The predicted octanol–water partition coefficient (Wildman–Crippen LogP) is 2.66. The van der Waals surface area contributed by atoms with Crippen LogP contribution in [0.4, 0.5) is 16.2 Å². The van der Waals surface area contributed by atoms with E-state index in [1.165, 1.54) is 0 Å². The fourth-order valence-corrected chi connectivity index (χ4v) is 2.87. The van der Waals surface area contributed by atoms with Crippen LogP contribution in [0.25, 0.3) is 0 Å². The van der Waals surface area contributed by atoms with Crippen molar-refractivity contribution in [3.05, 3.63) is 59.7 Å². The Balaban J connectivity index is 1.68. The second-order valence-corrected chi connectivity index (χ2v) is 5.79. The third-order valence-electron chi connectivity index (χ3n) is 4.09. The molecule has 1 aliphatic rings. The fourth-order valence-electron chi connectivity index (χ4n) is 2.87. The third-order valence-corrected chi connectivity index (χ3v) is 4.09. The summed E-state index contributed by atoms with van der Waals surface area (Å²) in [4.78, 5) is 26.2. The molecule has 3 rings (SSSR count). The molecule has 0 spiro atoms. The number of methoxy groups -OCH3 is 1. The quantitative estimate of drug-likeness (QED) is 0.823. The van der Waals surface area contributed by atoms with Crippen LogP contribution in [0.2, 0.25) is 0 Å². The molecule has 130 valence electrons. The summed E-state index contributed by atoms with van der Waals surface area (Å²) in [5.74, 6) is -0.00244. The van der Waals surface area contributed by atoms with Crippen molar-refractivity contribution in [1.29, 1.82) is 0 Å². The van der Waals surface area contributed by atoms with Gasteiger partial charge in [-0.15, -0.1) is 0 Å². The summed E-state index contributed by atoms with van der Waals surface area (Å²) in [7, 11) is 1.59. The molecule has 2 aromatic rings. The Bertz CT molecular complexity index is 762. The number of amides is 3. The van der Waals surface area contributed by atoms with Gasteiger partial charge in [0, 0.05) is 37.1 Å². The molecule has 0 saturated carbocycles. The van der Waals surface area contributed by atoms with Crippen LogP contribution in [0.15, 0.2) is 48.5 Å². The molecule has 0 saturated heterocycles. The van der Waals surface area contributed by atoms with Crippen LogP contribution in [0.3, 0.4) is 0 Å². The maximum absolute atomic E-state index is 12.7. The summed E-state index contributed by atoms with van der Waals surface area (Å²) in [5.41, 5.74) is 3.34. The van der Waals surface area contributed by atoms with E-state index in [0.717, 1.165) is 17.7 Å². The minimum atomic E-state index is -0.271. The van der Waals surface area contributed by atoms with Crippen molar-refractivity contribution in [2.75, 3.05) is 37.0 Å². The van der Waals surface area contributed by atoms with Gasteiger partial charge in [-0.2, -0.15) is 0 Å². The molecule has 6 heteroatoms. The lowest BCUT2D eigenvalue weighted by Gasteiger charge is -2.17. The number of fused-ring (bicyclic) bond motifs is 1. The molecule has 1 heterocycles. The number of ether oxygens (including phenoxy) is 1. The molecule has 0 aromatic heterocycles. The van der Waals surface area contributed by atoms with Crippen LogP contribution in [-0.4, -0.2) is 38.7 Å². The highest BCUT2D eigenvalue weighted by Crippen LogP contribution is 2.31. The Morgan fingerprint density at radius 1 is 1.16 bits per heavy atom. The van der Waals surface area contributed by atoms with E-state index in [-0.39, 0.29) is 11.9 Å². The number of anilines is 2. The van der Waals surface area contributed by atoms with E-state index < -0.39 is 0 Å². The summed E-state index contributed by atoms with van der Waals surface area (Å²) in [6.45, 7) is 1.56. The molecule has 0 radical (unpaired) electrons. The van der Waals surface area contributed by atoms with Crippen LogP contribution in [0, 0.1) is 0 Å². The lowest BCUT2D eigenvalue weighted by molar-refractivity contribution is 0.0989. The van der Waals surface area contributed by atoms with Gasteiger partial charge in [-0.25, -0.2) is 4.79 Å². The maximum atomic E-state index is 12.7. The molecule has 0 unspecified atom stereocenters. The van der Waals surface area contributed by atoms with Gasteiger partial charge in [0.25, 0.3) is 5.91 Å². The van der Waals surface area contributed by atoms with Gasteiger partial charge in [-0.3, -0.25) is 4.79 Å². The van der Waals surface area contributed by atoms with E-state index in [9.17, 15) is 9.59 Å². The van der Waals surface area contributed by atoms with Crippen molar-refractivity contribution < 1.29 is 14.3 Å². The number of hydrogen-bond donors (Lipinski definition) is 2. The predicted molar refractivity (Wildman–Crippen MR) is 97.2 cm³/mol. The molecule has 0 fully saturated rings. The maximum Gasteiger partial charge on any atom is 0.319 e. The number of nitrogens with zero attached hydrogens (tertiary/aromatic N) is 1. The lowest BCUT2D eigenvalue weighted by Crippen LogP contribution is -2.31. The summed E-state index contributed by atoms with van der Waals surface area (Å²) < 4.78 is 4.89. The first kappa shape index (κ1) is 17.0. The molecule has 2 aromatic carbocycles. The number of nitrogens with one attached hydrogen (secondary N) is 2. The second kappa shape index (κ2) is 7.81. The first-order valence-corrected chi connectivity index (χ1v) is 8.22. The number of benzene rings is 2. The minimum Gasteiger partial charge on any atom is -0.383 e. The summed E-state index contributed by atoms with van der Waals surface area (Å²) in [6.07, 6.45) is 0.773. The Labute approximate surface area is 146 Å². The molecular weight excluding hydrogens is 318 g/mol. The summed E-state index contributed by atoms with van der Waals surface area (Å²) >= 11 is 0. The number of carbonyl (C=O) groups excluding carboxylic acids is 2. The van der Waals surface area contributed by atoms with E-state index in [2.05, 4.69) is 10.6 Å². The van der Waals surface area contributed by atoms with Crippen molar-refractivity contribution in [1.82, 2.24) is 5.32 Å². The highest BCUT2D eigenvalue weighted by atomic mass is 16.5. The molecule has 0 bridgehead atoms. The Hall–Kier alpha value is -2.86. The Morgan fingerprint density at radius 2 is 1.96 bits per heavy atom. The van der Waals surface area contributed by atoms with Crippen LogP contribution in [0.1, 0.15) is 15.9 Å². The molecule has 0 aliphatic carbocycles. The number of urea groups is 1. The van der Waals surface area contributed by atoms with E-state index in [0.29, 0.717) is 30.9 Å². The molecule has 1 aliphatic heterocycles. The van der Waals surface area contributed by atoms with Gasteiger partial charge < -0.3 is 20.3 Å². The topological polar surface area (TPSA) is 70.7 Å². The zero-order valence-electron chi connectivity index (χ0n) is 14.1. The molecule has 25 heavy (non-hydrogen) atoms. The molecule has 0 atom stereocenters. The van der Waals surface area contributed by atoms with E-state index in [4.69, 9.17) is 4.74 Å². The van der Waals surface area contributed by atoms with Crippen LogP contribution >= 0.6 is 0 Å².